The van der Waals surface area contributed by atoms with Gasteiger partial charge in [0.25, 0.3) is 0 Å². The van der Waals surface area contributed by atoms with E-state index in [0.717, 1.165) is 30.0 Å². The molecule has 0 aliphatic carbocycles. The zero-order valence-electron chi connectivity index (χ0n) is 11.4. The van der Waals surface area contributed by atoms with Gasteiger partial charge in [0.1, 0.15) is 0 Å². The van der Waals surface area contributed by atoms with E-state index in [-0.39, 0.29) is 0 Å². The van der Waals surface area contributed by atoms with Gasteiger partial charge in [-0.1, -0.05) is 6.42 Å². The first kappa shape index (κ1) is 13.7. The molecule has 0 saturated carbocycles. The van der Waals surface area contributed by atoms with E-state index < -0.39 is 0 Å². The highest BCUT2D eigenvalue weighted by atomic mass is 35.5. The molecule has 1 aromatic rings. The number of thiazole rings is 1. The second kappa shape index (κ2) is 6.42. The van der Waals surface area contributed by atoms with E-state index in [1.165, 1.54) is 45.2 Å². The van der Waals surface area contributed by atoms with Crippen LogP contribution in [-0.2, 0) is 5.88 Å². The van der Waals surface area contributed by atoms with Gasteiger partial charge in [0.05, 0.1) is 11.6 Å². The molecule has 0 radical (unpaired) electrons. The number of hydrogen-bond acceptors (Lipinski definition) is 4. The van der Waals surface area contributed by atoms with Crippen LogP contribution in [0.3, 0.4) is 0 Å². The molecule has 2 aliphatic rings. The van der Waals surface area contributed by atoms with Crippen LogP contribution in [0.5, 0.6) is 0 Å². The van der Waals surface area contributed by atoms with Crippen LogP contribution in [0.2, 0.25) is 0 Å². The van der Waals surface area contributed by atoms with Crippen LogP contribution in [0, 0.1) is 0 Å². The molecule has 3 rings (SSSR count). The minimum Gasteiger partial charge on any atom is -0.348 e. The van der Waals surface area contributed by atoms with Crippen LogP contribution < -0.4 is 4.90 Å². The summed E-state index contributed by atoms with van der Waals surface area (Å²) >= 11 is 7.56. The lowest BCUT2D eigenvalue weighted by molar-refractivity contribution is 0.141. The lowest BCUT2D eigenvalue weighted by Gasteiger charge is -2.40. The summed E-state index contributed by atoms with van der Waals surface area (Å²) in [5.41, 5.74) is 1.01. The second-order valence-electron chi connectivity index (χ2n) is 5.57. The maximum atomic E-state index is 5.82. The van der Waals surface area contributed by atoms with Crippen molar-refractivity contribution in [2.45, 2.75) is 44.0 Å². The van der Waals surface area contributed by atoms with Crippen molar-refractivity contribution in [2.24, 2.45) is 0 Å². The van der Waals surface area contributed by atoms with E-state index >= 15 is 0 Å². The fourth-order valence-electron chi connectivity index (χ4n) is 3.21. The van der Waals surface area contributed by atoms with Gasteiger partial charge in [-0.05, 0) is 38.8 Å². The number of halogens is 1. The molecule has 19 heavy (non-hydrogen) atoms. The van der Waals surface area contributed by atoms with Crippen molar-refractivity contribution < 1.29 is 0 Å². The first-order valence-corrected chi connectivity index (χ1v) is 8.77. The molecule has 0 bridgehead atoms. The molecule has 3 heterocycles. The molecule has 0 amide bonds. The van der Waals surface area contributed by atoms with Crippen LogP contribution >= 0.6 is 22.9 Å². The molecule has 0 spiro atoms. The molecule has 2 fully saturated rings. The number of rotatable bonds is 3. The van der Waals surface area contributed by atoms with Crippen molar-refractivity contribution in [1.82, 2.24) is 9.88 Å². The average molecular weight is 300 g/mol. The van der Waals surface area contributed by atoms with Gasteiger partial charge in [-0.15, -0.1) is 22.9 Å². The number of hydrogen-bond donors (Lipinski definition) is 0. The third-order valence-electron chi connectivity index (χ3n) is 4.32. The number of likely N-dealkylation sites (tertiary alicyclic amines) is 1. The largest absolute Gasteiger partial charge is 0.348 e. The molecule has 2 saturated heterocycles. The number of aromatic nitrogens is 1. The quantitative estimate of drug-likeness (QED) is 0.798. The van der Waals surface area contributed by atoms with E-state index in [1.54, 1.807) is 11.3 Å². The summed E-state index contributed by atoms with van der Waals surface area (Å²) in [5.74, 6) is 0.529. The second-order valence-corrected chi connectivity index (χ2v) is 6.67. The summed E-state index contributed by atoms with van der Waals surface area (Å²) in [7, 11) is 0. The molecule has 2 aliphatic heterocycles. The van der Waals surface area contributed by atoms with Crippen LogP contribution in [0.1, 0.15) is 37.8 Å². The molecule has 106 valence electrons. The fourth-order valence-corrected chi connectivity index (χ4v) is 4.32. The first-order chi connectivity index (χ1) is 9.36. The predicted molar refractivity (Wildman–Crippen MR) is 82.3 cm³/mol. The maximum absolute atomic E-state index is 5.82. The standard InChI is InChI=1S/C14H22ClN3S/c15-10-12-11-19-14(16-12)18-8-4-13(5-9-18)17-6-2-1-3-7-17/h11,13H,1-10H2. The summed E-state index contributed by atoms with van der Waals surface area (Å²) in [6, 6.07) is 0.809. The monoisotopic (exact) mass is 299 g/mol. The Hall–Kier alpha value is -0.320. The first-order valence-electron chi connectivity index (χ1n) is 7.36. The number of piperidine rings is 2. The van der Waals surface area contributed by atoms with Crippen LogP contribution in [0.4, 0.5) is 5.13 Å². The molecule has 3 nitrogen and oxygen atoms in total. The number of nitrogens with zero attached hydrogens (tertiary/aromatic N) is 3. The SMILES string of the molecule is ClCc1csc(N2CCC(N3CCCCC3)CC2)n1. The van der Waals surface area contributed by atoms with Gasteiger partial charge in [0.2, 0.25) is 0 Å². The minimum atomic E-state index is 0.529. The van der Waals surface area contributed by atoms with Crippen molar-refractivity contribution in [3.63, 3.8) is 0 Å². The lowest BCUT2D eigenvalue weighted by Crippen LogP contribution is -2.46. The van der Waals surface area contributed by atoms with Crippen molar-refractivity contribution in [3.05, 3.63) is 11.1 Å². The molecule has 5 heteroatoms. The fraction of sp³-hybridized carbons (Fsp3) is 0.786. The van der Waals surface area contributed by atoms with Gasteiger partial charge in [-0.3, -0.25) is 0 Å². The highest BCUT2D eigenvalue weighted by molar-refractivity contribution is 7.13. The molecular formula is C14H22ClN3S. The Morgan fingerprint density at radius 2 is 1.89 bits per heavy atom. The maximum Gasteiger partial charge on any atom is 0.185 e. The predicted octanol–water partition coefficient (Wildman–Crippen LogP) is 3.34. The Morgan fingerprint density at radius 1 is 1.16 bits per heavy atom. The van der Waals surface area contributed by atoms with Gasteiger partial charge in [0.15, 0.2) is 5.13 Å². The molecule has 1 aromatic heterocycles. The van der Waals surface area contributed by atoms with Crippen LogP contribution in [-0.4, -0.2) is 42.1 Å². The summed E-state index contributed by atoms with van der Waals surface area (Å²) in [6.07, 6.45) is 6.79. The van der Waals surface area contributed by atoms with Gasteiger partial charge in [0, 0.05) is 24.5 Å². The van der Waals surface area contributed by atoms with E-state index in [1.807, 2.05) is 0 Å². The third kappa shape index (κ3) is 3.23. The van der Waals surface area contributed by atoms with Crippen molar-refractivity contribution in [2.75, 3.05) is 31.1 Å². The topological polar surface area (TPSA) is 19.4 Å². The Bertz CT molecular complexity index is 395. The Kier molecular flexibility index (Phi) is 4.61. The normalized spacial score (nSPS) is 22.9. The van der Waals surface area contributed by atoms with E-state index in [0.29, 0.717) is 5.88 Å². The minimum absolute atomic E-state index is 0.529. The van der Waals surface area contributed by atoms with Crippen molar-refractivity contribution in [1.29, 1.82) is 0 Å². The van der Waals surface area contributed by atoms with E-state index in [9.17, 15) is 0 Å². The Labute approximate surface area is 124 Å². The number of alkyl halides is 1. The molecular weight excluding hydrogens is 278 g/mol. The molecule has 0 N–H and O–H groups in total. The summed E-state index contributed by atoms with van der Waals surface area (Å²) in [4.78, 5) is 9.74. The smallest absolute Gasteiger partial charge is 0.185 e. The summed E-state index contributed by atoms with van der Waals surface area (Å²) in [6.45, 7) is 4.93. The van der Waals surface area contributed by atoms with Gasteiger partial charge in [-0.25, -0.2) is 4.98 Å². The lowest BCUT2D eigenvalue weighted by atomic mass is 10.0. The Balaban J connectivity index is 1.53. The summed E-state index contributed by atoms with van der Waals surface area (Å²) in [5, 5.41) is 3.24. The summed E-state index contributed by atoms with van der Waals surface area (Å²) < 4.78 is 0. The van der Waals surface area contributed by atoms with Gasteiger partial charge in [-0.2, -0.15) is 0 Å². The Morgan fingerprint density at radius 3 is 2.53 bits per heavy atom. The van der Waals surface area contributed by atoms with E-state index in [2.05, 4.69) is 20.2 Å². The highest BCUT2D eigenvalue weighted by Crippen LogP contribution is 2.27. The number of anilines is 1. The van der Waals surface area contributed by atoms with Crippen molar-refractivity contribution >= 4 is 28.1 Å². The van der Waals surface area contributed by atoms with Gasteiger partial charge >= 0.3 is 0 Å². The highest BCUT2D eigenvalue weighted by Gasteiger charge is 2.26. The van der Waals surface area contributed by atoms with Gasteiger partial charge < -0.3 is 9.80 Å². The average Bonchev–Trinajstić information content (AvgIpc) is 2.97. The van der Waals surface area contributed by atoms with Crippen molar-refractivity contribution in [3.8, 4) is 0 Å². The third-order valence-corrected chi connectivity index (χ3v) is 5.54. The van der Waals surface area contributed by atoms with Crippen LogP contribution in [0.15, 0.2) is 5.38 Å². The molecule has 0 atom stereocenters. The zero-order chi connectivity index (χ0) is 13.1. The van der Waals surface area contributed by atoms with E-state index in [4.69, 9.17) is 11.6 Å². The van der Waals surface area contributed by atoms with Crippen LogP contribution in [0.25, 0.3) is 0 Å². The molecule has 0 unspecified atom stereocenters. The zero-order valence-corrected chi connectivity index (χ0v) is 12.9. The molecule has 0 aromatic carbocycles.